The van der Waals surface area contributed by atoms with Crippen LogP contribution in [-0.2, 0) is 22.1 Å². The fraction of sp³-hybridized carbons (Fsp3) is 0.273. The lowest BCUT2D eigenvalue weighted by atomic mass is 9.96. The summed E-state index contributed by atoms with van der Waals surface area (Å²) in [6.07, 6.45) is -2.98. The quantitative estimate of drug-likeness (QED) is 0.434. The van der Waals surface area contributed by atoms with Gasteiger partial charge in [-0.3, -0.25) is 4.79 Å². The Morgan fingerprint density at radius 3 is 2.30 bits per heavy atom. The first-order chi connectivity index (χ1) is 14.2. The molecule has 0 saturated heterocycles. The molecule has 0 amide bonds. The van der Waals surface area contributed by atoms with Crippen LogP contribution in [-0.4, -0.2) is 16.1 Å². The first kappa shape index (κ1) is 20.9. The Bertz CT molecular complexity index is 1070. The van der Waals surface area contributed by atoms with E-state index in [4.69, 9.17) is 0 Å². The predicted molar refractivity (Wildman–Crippen MR) is 112 cm³/mol. The first-order valence-electron chi connectivity index (χ1n) is 9.30. The third kappa shape index (κ3) is 4.11. The number of aryl methyl sites for hydroxylation is 1. The summed E-state index contributed by atoms with van der Waals surface area (Å²) in [6.45, 7) is 1.90. The molecule has 156 valence electrons. The highest BCUT2D eigenvalue weighted by molar-refractivity contribution is 7.98. The lowest BCUT2D eigenvalue weighted by Crippen LogP contribution is -2.19. The van der Waals surface area contributed by atoms with Crippen molar-refractivity contribution in [3.8, 4) is 10.6 Å². The van der Waals surface area contributed by atoms with Gasteiger partial charge in [-0.2, -0.15) is 13.2 Å². The minimum absolute atomic E-state index is 0.667. The topological polar surface area (TPSA) is 50.2 Å². The summed E-state index contributed by atoms with van der Waals surface area (Å²) < 4.78 is 38.2. The maximum atomic E-state index is 12.7. The van der Waals surface area contributed by atoms with Gasteiger partial charge in [0.2, 0.25) is 0 Å². The van der Waals surface area contributed by atoms with Crippen LogP contribution in [0.25, 0.3) is 10.6 Å². The molecule has 0 spiro atoms. The molecule has 0 atom stereocenters. The number of rotatable bonds is 6. The molecule has 1 aromatic heterocycles. The van der Waals surface area contributed by atoms with Crippen LogP contribution in [0.3, 0.4) is 0 Å². The number of halogens is 3. The highest BCUT2D eigenvalue weighted by atomic mass is 32.2. The summed E-state index contributed by atoms with van der Waals surface area (Å²) in [5, 5.41) is 10.1. The van der Waals surface area contributed by atoms with E-state index >= 15 is 0 Å². The summed E-state index contributed by atoms with van der Waals surface area (Å²) in [6, 6.07) is 12.7. The van der Waals surface area contributed by atoms with Crippen molar-refractivity contribution in [2.75, 3.05) is 0 Å². The van der Waals surface area contributed by atoms with E-state index in [1.165, 1.54) is 23.5 Å². The van der Waals surface area contributed by atoms with E-state index in [1.54, 1.807) is 11.8 Å². The van der Waals surface area contributed by atoms with Crippen LogP contribution < -0.4 is 0 Å². The van der Waals surface area contributed by atoms with Crippen molar-refractivity contribution in [2.24, 2.45) is 0 Å². The monoisotopic (exact) mass is 449 g/mol. The lowest BCUT2D eigenvalue weighted by Gasteiger charge is -2.10. The number of hydrogen-bond acceptors (Lipinski definition) is 4. The molecule has 1 saturated carbocycles. The number of carbonyl (C=O) groups is 1. The number of alkyl halides is 3. The molecule has 3 aromatic rings. The Labute approximate surface area is 180 Å². The van der Waals surface area contributed by atoms with Gasteiger partial charge in [-0.15, -0.1) is 23.1 Å². The molecule has 1 fully saturated rings. The number of thioether (sulfide) groups is 1. The molecule has 2 aromatic carbocycles. The van der Waals surface area contributed by atoms with Gasteiger partial charge in [0, 0.05) is 21.1 Å². The summed E-state index contributed by atoms with van der Waals surface area (Å²) in [5.74, 6) is -0.0768. The smallest absolute Gasteiger partial charge is 0.416 e. The van der Waals surface area contributed by atoms with Crippen molar-refractivity contribution in [3.63, 3.8) is 0 Å². The van der Waals surface area contributed by atoms with Crippen LogP contribution in [0.15, 0.2) is 53.4 Å². The van der Waals surface area contributed by atoms with Crippen molar-refractivity contribution < 1.29 is 23.1 Å². The minimum atomic E-state index is -4.35. The molecule has 1 aliphatic carbocycles. The van der Waals surface area contributed by atoms with Crippen molar-refractivity contribution in [3.05, 3.63) is 70.2 Å². The Morgan fingerprint density at radius 2 is 1.77 bits per heavy atom. The number of aromatic nitrogens is 1. The summed E-state index contributed by atoms with van der Waals surface area (Å²) in [7, 11) is 0. The zero-order valence-corrected chi connectivity index (χ0v) is 17.6. The average Bonchev–Trinajstić information content (AvgIpc) is 3.44. The van der Waals surface area contributed by atoms with Crippen LogP contribution in [0.4, 0.5) is 13.2 Å². The molecule has 0 unspecified atom stereocenters. The van der Waals surface area contributed by atoms with Gasteiger partial charge in [-0.05, 0) is 49.6 Å². The highest BCUT2D eigenvalue weighted by Crippen LogP contribution is 2.48. The molecule has 0 radical (unpaired) electrons. The first-order valence-corrected chi connectivity index (χ1v) is 11.1. The number of hydrogen-bond donors (Lipinski definition) is 1. The maximum absolute atomic E-state index is 12.7. The summed E-state index contributed by atoms with van der Waals surface area (Å²) >= 11 is 3.10. The van der Waals surface area contributed by atoms with Crippen molar-refractivity contribution in [1.82, 2.24) is 4.98 Å². The normalized spacial score (nSPS) is 15.2. The van der Waals surface area contributed by atoms with Gasteiger partial charge in [0.1, 0.15) is 5.01 Å². The fourth-order valence-electron chi connectivity index (χ4n) is 3.26. The Hall–Kier alpha value is -2.32. The second-order valence-electron chi connectivity index (χ2n) is 7.30. The van der Waals surface area contributed by atoms with Gasteiger partial charge in [0.05, 0.1) is 16.7 Å². The highest BCUT2D eigenvalue weighted by Gasteiger charge is 2.51. The van der Waals surface area contributed by atoms with Crippen molar-refractivity contribution >= 4 is 29.1 Å². The Kier molecular flexibility index (Phi) is 5.40. The molecule has 1 aliphatic rings. The standard InChI is InChI=1S/C22H18F3NO2S2/c1-13-18(30-19(26-13)14-2-4-16(5-3-14)22(23,24)25)12-29-17-8-6-15(7-9-17)21(10-11-21)20(27)28/h2-9H,10-12H2,1H3,(H,27,28). The average molecular weight is 450 g/mol. The number of benzene rings is 2. The van der Waals surface area contributed by atoms with E-state index < -0.39 is 23.1 Å². The zero-order valence-electron chi connectivity index (χ0n) is 16.0. The van der Waals surface area contributed by atoms with Crippen LogP contribution in [0.1, 0.15) is 34.5 Å². The van der Waals surface area contributed by atoms with E-state index in [2.05, 4.69) is 4.98 Å². The minimum Gasteiger partial charge on any atom is -0.481 e. The second-order valence-corrected chi connectivity index (χ2v) is 9.44. The Balaban J connectivity index is 1.44. The molecule has 30 heavy (non-hydrogen) atoms. The number of thiazole rings is 1. The summed E-state index contributed by atoms with van der Waals surface area (Å²) in [4.78, 5) is 18.0. The Morgan fingerprint density at radius 1 is 1.13 bits per heavy atom. The van der Waals surface area contributed by atoms with E-state index in [-0.39, 0.29) is 0 Å². The van der Waals surface area contributed by atoms with Gasteiger partial charge in [-0.1, -0.05) is 24.3 Å². The SMILES string of the molecule is Cc1nc(-c2ccc(C(F)(F)F)cc2)sc1CSc1ccc(C2(C(=O)O)CC2)cc1. The fourth-order valence-corrected chi connectivity index (χ4v) is 5.37. The maximum Gasteiger partial charge on any atom is 0.416 e. The molecule has 8 heteroatoms. The largest absolute Gasteiger partial charge is 0.481 e. The van der Waals surface area contributed by atoms with Gasteiger partial charge >= 0.3 is 12.1 Å². The molecule has 3 nitrogen and oxygen atoms in total. The third-order valence-corrected chi connectivity index (χ3v) is 7.72. The number of carboxylic acids is 1. The zero-order chi connectivity index (χ0) is 21.5. The van der Waals surface area contributed by atoms with Gasteiger partial charge < -0.3 is 5.11 Å². The van der Waals surface area contributed by atoms with Crippen LogP contribution in [0, 0.1) is 6.92 Å². The van der Waals surface area contributed by atoms with Gasteiger partial charge in [0.15, 0.2) is 0 Å². The van der Waals surface area contributed by atoms with Gasteiger partial charge in [0.25, 0.3) is 0 Å². The van der Waals surface area contributed by atoms with Crippen LogP contribution in [0.2, 0.25) is 0 Å². The third-order valence-electron chi connectivity index (χ3n) is 5.29. The number of aliphatic carboxylic acids is 1. The molecular formula is C22H18F3NO2S2. The predicted octanol–water partition coefficient (Wildman–Crippen LogP) is 6.55. The molecule has 4 rings (SSSR count). The van der Waals surface area contributed by atoms with E-state index in [1.807, 2.05) is 31.2 Å². The molecule has 0 bridgehead atoms. The van der Waals surface area contributed by atoms with E-state index in [0.29, 0.717) is 29.2 Å². The van der Waals surface area contributed by atoms with E-state index in [9.17, 15) is 23.1 Å². The van der Waals surface area contributed by atoms with E-state index in [0.717, 1.165) is 33.2 Å². The summed E-state index contributed by atoms with van der Waals surface area (Å²) in [5.41, 5.74) is 1.00. The second kappa shape index (κ2) is 7.74. The molecular weight excluding hydrogens is 431 g/mol. The molecule has 1 N–H and O–H groups in total. The molecule has 0 aliphatic heterocycles. The molecule has 1 heterocycles. The lowest BCUT2D eigenvalue weighted by molar-refractivity contribution is -0.140. The van der Waals surface area contributed by atoms with Crippen molar-refractivity contribution in [1.29, 1.82) is 0 Å². The van der Waals surface area contributed by atoms with Crippen molar-refractivity contribution in [2.45, 2.75) is 42.0 Å². The number of carboxylic acid groups (broad SMARTS) is 1. The van der Waals surface area contributed by atoms with Crippen LogP contribution >= 0.6 is 23.1 Å². The van der Waals surface area contributed by atoms with Crippen LogP contribution in [0.5, 0.6) is 0 Å². The number of nitrogens with zero attached hydrogens (tertiary/aromatic N) is 1. The van der Waals surface area contributed by atoms with Gasteiger partial charge in [-0.25, -0.2) is 4.98 Å².